The number of nitro groups is 1. The Morgan fingerprint density at radius 2 is 1.90 bits per heavy atom. The molecule has 0 aromatic heterocycles. The van der Waals surface area contributed by atoms with Crippen molar-refractivity contribution in [2.24, 2.45) is 5.92 Å². The maximum Gasteiger partial charge on any atom is 0.312 e. The molecule has 172 valence electrons. The minimum absolute atomic E-state index is 0.134. The molecule has 0 N–H and O–H groups in total. The molecule has 1 heterocycles. The number of amides is 1. The van der Waals surface area contributed by atoms with Crippen molar-refractivity contribution >= 4 is 21.6 Å². The van der Waals surface area contributed by atoms with Gasteiger partial charge in [0.2, 0.25) is 10.0 Å². The molecule has 0 spiro atoms. The van der Waals surface area contributed by atoms with Gasteiger partial charge in [-0.15, -0.1) is 0 Å². The number of carbonyl (C=O) groups is 1. The van der Waals surface area contributed by atoms with Crippen LogP contribution in [0.3, 0.4) is 0 Å². The van der Waals surface area contributed by atoms with Crippen LogP contribution in [0.5, 0.6) is 5.75 Å². The smallest absolute Gasteiger partial charge is 0.312 e. The Kier molecular flexibility index (Phi) is 7.50. The van der Waals surface area contributed by atoms with Gasteiger partial charge in [0, 0.05) is 32.2 Å². The van der Waals surface area contributed by atoms with E-state index < -0.39 is 20.6 Å². The van der Waals surface area contributed by atoms with E-state index in [4.69, 9.17) is 9.47 Å². The summed E-state index contributed by atoms with van der Waals surface area (Å²) in [5.41, 5.74) is -0.490. The van der Waals surface area contributed by atoms with E-state index in [1.54, 1.807) is 11.9 Å². The molecule has 1 aromatic carbocycles. The molecule has 3 rings (SSSR count). The van der Waals surface area contributed by atoms with Crippen LogP contribution in [-0.2, 0) is 19.6 Å². The Balaban J connectivity index is 1.70. The van der Waals surface area contributed by atoms with Gasteiger partial charge in [0.15, 0.2) is 12.4 Å². The number of nitrogens with zero attached hydrogens (tertiary/aromatic N) is 3. The van der Waals surface area contributed by atoms with Crippen molar-refractivity contribution in [1.29, 1.82) is 0 Å². The third-order valence-corrected chi connectivity index (χ3v) is 7.91. The molecule has 31 heavy (non-hydrogen) atoms. The minimum Gasteiger partial charge on any atom is -0.477 e. The van der Waals surface area contributed by atoms with Gasteiger partial charge in [0.05, 0.1) is 23.0 Å². The Hall–Kier alpha value is -2.24. The molecule has 2 aliphatic rings. The third kappa shape index (κ3) is 5.52. The summed E-state index contributed by atoms with van der Waals surface area (Å²) in [5.74, 6) is 0.259. The van der Waals surface area contributed by atoms with Crippen molar-refractivity contribution in [3.63, 3.8) is 0 Å². The number of ether oxygens (including phenoxy) is 2. The highest BCUT2D eigenvalue weighted by molar-refractivity contribution is 7.89. The Bertz CT molecular complexity index is 907. The van der Waals surface area contributed by atoms with Gasteiger partial charge in [-0.05, 0) is 43.7 Å². The third-order valence-electron chi connectivity index (χ3n) is 6.01. The van der Waals surface area contributed by atoms with Gasteiger partial charge in [0.25, 0.3) is 5.91 Å². The topological polar surface area (TPSA) is 119 Å². The highest BCUT2D eigenvalue weighted by atomic mass is 32.2. The standard InChI is InChI=1S/C20H29N3O7S/c1-15-3-5-16(6-4-15)21(2)20(24)14-30-19-8-7-17(13-18(19)23(25)26)31(27,28)22-9-11-29-12-10-22/h7-8,13,15-16H,3-6,9-12,14H2,1-2H3. The van der Waals surface area contributed by atoms with Crippen molar-refractivity contribution in [1.82, 2.24) is 9.21 Å². The number of benzene rings is 1. The highest BCUT2D eigenvalue weighted by Crippen LogP contribution is 2.31. The van der Waals surface area contributed by atoms with E-state index in [2.05, 4.69) is 6.92 Å². The van der Waals surface area contributed by atoms with Crippen LogP contribution >= 0.6 is 0 Å². The van der Waals surface area contributed by atoms with Crippen molar-refractivity contribution in [3.8, 4) is 5.75 Å². The number of sulfonamides is 1. The molecule has 1 aromatic rings. The van der Waals surface area contributed by atoms with E-state index in [0.717, 1.165) is 31.7 Å². The Morgan fingerprint density at radius 1 is 1.26 bits per heavy atom. The summed E-state index contributed by atoms with van der Waals surface area (Å²) in [4.78, 5) is 24.8. The van der Waals surface area contributed by atoms with Gasteiger partial charge in [-0.2, -0.15) is 4.31 Å². The van der Waals surface area contributed by atoms with E-state index >= 15 is 0 Å². The molecule has 1 saturated heterocycles. The summed E-state index contributed by atoms with van der Waals surface area (Å²) in [6.07, 6.45) is 3.98. The number of nitro benzene ring substituents is 1. The zero-order valence-electron chi connectivity index (χ0n) is 17.9. The van der Waals surface area contributed by atoms with Gasteiger partial charge in [-0.25, -0.2) is 8.42 Å². The Labute approximate surface area is 182 Å². The molecule has 10 nitrogen and oxygen atoms in total. The van der Waals surface area contributed by atoms with Crippen molar-refractivity contribution in [2.45, 2.75) is 43.5 Å². The number of hydrogen-bond acceptors (Lipinski definition) is 7. The van der Waals surface area contributed by atoms with E-state index in [0.29, 0.717) is 5.92 Å². The SMILES string of the molecule is CC1CCC(N(C)C(=O)COc2ccc(S(=O)(=O)N3CCOCC3)cc2[N+](=O)[O-])CC1. The molecule has 1 saturated carbocycles. The second-order valence-electron chi connectivity index (χ2n) is 8.11. The van der Waals surface area contributed by atoms with Crippen LogP contribution in [0.4, 0.5) is 5.69 Å². The second-order valence-corrected chi connectivity index (χ2v) is 10.0. The Morgan fingerprint density at radius 3 is 2.52 bits per heavy atom. The molecule has 1 aliphatic heterocycles. The van der Waals surface area contributed by atoms with Crippen LogP contribution in [0, 0.1) is 16.0 Å². The monoisotopic (exact) mass is 455 g/mol. The van der Waals surface area contributed by atoms with Crippen LogP contribution in [0.15, 0.2) is 23.1 Å². The average Bonchev–Trinajstić information content (AvgIpc) is 2.77. The van der Waals surface area contributed by atoms with Crippen molar-refractivity contribution in [2.75, 3.05) is 40.0 Å². The first-order valence-electron chi connectivity index (χ1n) is 10.4. The van der Waals surface area contributed by atoms with E-state index in [-0.39, 0.29) is 55.5 Å². The van der Waals surface area contributed by atoms with Gasteiger partial charge in [-0.3, -0.25) is 14.9 Å². The summed E-state index contributed by atoms with van der Waals surface area (Å²) >= 11 is 0. The van der Waals surface area contributed by atoms with Gasteiger partial charge in [-0.1, -0.05) is 6.92 Å². The fourth-order valence-corrected chi connectivity index (χ4v) is 5.36. The second kappa shape index (κ2) is 9.92. The highest BCUT2D eigenvalue weighted by Gasteiger charge is 2.30. The van der Waals surface area contributed by atoms with Crippen LogP contribution in [0.1, 0.15) is 32.6 Å². The maximum atomic E-state index is 12.8. The van der Waals surface area contributed by atoms with Crippen molar-refractivity contribution in [3.05, 3.63) is 28.3 Å². The molecule has 0 bridgehead atoms. The van der Waals surface area contributed by atoms with Crippen LogP contribution in [-0.4, -0.2) is 74.5 Å². The first-order valence-corrected chi connectivity index (χ1v) is 11.9. The molecule has 11 heteroatoms. The number of hydrogen-bond donors (Lipinski definition) is 0. The fraction of sp³-hybridized carbons (Fsp3) is 0.650. The quantitative estimate of drug-likeness (QED) is 0.456. The van der Waals surface area contributed by atoms with E-state index in [9.17, 15) is 23.3 Å². The minimum atomic E-state index is -3.88. The molecule has 0 radical (unpaired) electrons. The molecule has 1 amide bonds. The molecule has 1 aliphatic carbocycles. The zero-order chi connectivity index (χ0) is 22.6. The van der Waals surface area contributed by atoms with E-state index in [1.165, 1.54) is 16.4 Å². The normalized spacial score (nSPS) is 22.6. The van der Waals surface area contributed by atoms with Crippen LogP contribution in [0.2, 0.25) is 0 Å². The maximum absolute atomic E-state index is 12.8. The average molecular weight is 456 g/mol. The van der Waals surface area contributed by atoms with Gasteiger partial charge in [0.1, 0.15) is 0 Å². The largest absolute Gasteiger partial charge is 0.477 e. The lowest BCUT2D eigenvalue weighted by Gasteiger charge is -2.33. The zero-order valence-corrected chi connectivity index (χ0v) is 18.7. The van der Waals surface area contributed by atoms with Crippen LogP contribution < -0.4 is 4.74 Å². The lowest BCUT2D eigenvalue weighted by molar-refractivity contribution is -0.386. The first-order chi connectivity index (χ1) is 14.7. The molecular formula is C20H29N3O7S. The predicted molar refractivity (Wildman–Crippen MR) is 112 cm³/mol. The molecule has 2 fully saturated rings. The summed E-state index contributed by atoms with van der Waals surface area (Å²) in [7, 11) is -2.16. The number of carbonyl (C=O) groups excluding carboxylic acids is 1. The lowest BCUT2D eigenvalue weighted by Crippen LogP contribution is -2.41. The molecule has 0 unspecified atom stereocenters. The number of morpholine rings is 1. The number of rotatable bonds is 7. The molecular weight excluding hydrogens is 426 g/mol. The van der Waals surface area contributed by atoms with Gasteiger partial charge < -0.3 is 14.4 Å². The summed E-state index contributed by atoms with van der Waals surface area (Å²) in [6.45, 7) is 2.78. The lowest BCUT2D eigenvalue weighted by atomic mass is 9.87. The summed E-state index contributed by atoms with van der Waals surface area (Å²) < 4.78 is 37.4. The predicted octanol–water partition coefficient (Wildman–Crippen LogP) is 2.03. The molecule has 0 atom stereocenters. The van der Waals surface area contributed by atoms with Crippen LogP contribution in [0.25, 0.3) is 0 Å². The summed E-state index contributed by atoms with van der Waals surface area (Å²) in [5, 5.41) is 11.5. The number of likely N-dealkylation sites (N-methyl/N-ethyl adjacent to an activating group) is 1. The fourth-order valence-electron chi connectivity index (χ4n) is 3.93. The summed E-state index contributed by atoms with van der Waals surface area (Å²) in [6, 6.07) is 3.63. The van der Waals surface area contributed by atoms with Crippen molar-refractivity contribution < 1.29 is 27.6 Å². The van der Waals surface area contributed by atoms with Gasteiger partial charge >= 0.3 is 5.69 Å². The first kappa shape index (κ1) is 23.4. The van der Waals surface area contributed by atoms with E-state index in [1.807, 2.05) is 0 Å².